The standard InChI is InChI=1S/C11H5ClF4N2/c12-10-17-5-8(13)9(18-10)6-2-1-3-7(4-6)11(14,15)16/h1-5H. The molecule has 1 aromatic carbocycles. The van der Waals surface area contributed by atoms with Crippen LogP contribution >= 0.6 is 11.6 Å². The highest BCUT2D eigenvalue weighted by molar-refractivity contribution is 6.28. The predicted molar refractivity (Wildman–Crippen MR) is 57.4 cm³/mol. The first-order chi connectivity index (χ1) is 8.38. The lowest BCUT2D eigenvalue weighted by Crippen LogP contribution is -2.05. The van der Waals surface area contributed by atoms with E-state index < -0.39 is 17.6 Å². The Hall–Kier alpha value is -1.69. The number of halogens is 5. The molecule has 0 amide bonds. The number of benzene rings is 1. The molecule has 0 spiro atoms. The molecule has 0 saturated carbocycles. The number of hydrogen-bond acceptors (Lipinski definition) is 2. The van der Waals surface area contributed by atoms with Crippen molar-refractivity contribution in [1.29, 1.82) is 0 Å². The molecule has 0 atom stereocenters. The van der Waals surface area contributed by atoms with Crippen molar-refractivity contribution in [3.8, 4) is 11.3 Å². The van der Waals surface area contributed by atoms with Crippen molar-refractivity contribution >= 4 is 11.6 Å². The quantitative estimate of drug-likeness (QED) is 0.582. The van der Waals surface area contributed by atoms with Crippen LogP contribution in [0.1, 0.15) is 5.56 Å². The lowest BCUT2D eigenvalue weighted by molar-refractivity contribution is -0.137. The van der Waals surface area contributed by atoms with E-state index in [0.717, 1.165) is 18.3 Å². The molecule has 1 heterocycles. The normalized spacial score (nSPS) is 11.6. The summed E-state index contributed by atoms with van der Waals surface area (Å²) in [6.45, 7) is 0. The zero-order valence-corrected chi connectivity index (χ0v) is 9.43. The SMILES string of the molecule is Fc1cnc(Cl)nc1-c1cccc(C(F)(F)F)c1. The van der Waals surface area contributed by atoms with Crippen LogP contribution in [0.25, 0.3) is 11.3 Å². The molecule has 2 aromatic rings. The summed E-state index contributed by atoms with van der Waals surface area (Å²) in [6.07, 6.45) is -3.69. The molecule has 2 rings (SSSR count). The van der Waals surface area contributed by atoms with Gasteiger partial charge < -0.3 is 0 Å². The summed E-state index contributed by atoms with van der Waals surface area (Å²) in [6, 6.07) is 4.19. The number of rotatable bonds is 1. The van der Waals surface area contributed by atoms with Crippen molar-refractivity contribution < 1.29 is 17.6 Å². The van der Waals surface area contributed by atoms with Gasteiger partial charge in [-0.05, 0) is 23.7 Å². The van der Waals surface area contributed by atoms with Gasteiger partial charge in [0.05, 0.1) is 11.8 Å². The molecule has 94 valence electrons. The van der Waals surface area contributed by atoms with Crippen LogP contribution in [0.15, 0.2) is 30.5 Å². The van der Waals surface area contributed by atoms with Gasteiger partial charge in [0.15, 0.2) is 5.82 Å². The fourth-order valence-corrected chi connectivity index (χ4v) is 1.52. The fourth-order valence-electron chi connectivity index (χ4n) is 1.39. The van der Waals surface area contributed by atoms with Gasteiger partial charge >= 0.3 is 6.18 Å². The van der Waals surface area contributed by atoms with Gasteiger partial charge in [-0.15, -0.1) is 0 Å². The molecular formula is C11H5ClF4N2. The van der Waals surface area contributed by atoms with Crippen molar-refractivity contribution in [2.24, 2.45) is 0 Å². The largest absolute Gasteiger partial charge is 0.416 e. The Balaban J connectivity index is 2.55. The van der Waals surface area contributed by atoms with Gasteiger partial charge in [-0.25, -0.2) is 14.4 Å². The zero-order valence-electron chi connectivity index (χ0n) is 8.67. The van der Waals surface area contributed by atoms with Gasteiger partial charge in [0.25, 0.3) is 0 Å². The highest BCUT2D eigenvalue weighted by Crippen LogP contribution is 2.32. The van der Waals surface area contributed by atoms with E-state index in [1.165, 1.54) is 12.1 Å². The minimum Gasteiger partial charge on any atom is -0.223 e. The molecule has 1 aromatic heterocycles. The Kier molecular flexibility index (Phi) is 3.21. The molecule has 0 aliphatic heterocycles. The molecule has 0 bridgehead atoms. The molecular weight excluding hydrogens is 272 g/mol. The molecule has 0 unspecified atom stereocenters. The van der Waals surface area contributed by atoms with Crippen LogP contribution in [0.3, 0.4) is 0 Å². The van der Waals surface area contributed by atoms with Crippen LogP contribution in [0, 0.1) is 5.82 Å². The summed E-state index contributed by atoms with van der Waals surface area (Å²) in [4.78, 5) is 6.97. The Morgan fingerprint density at radius 2 is 1.89 bits per heavy atom. The van der Waals surface area contributed by atoms with Crippen molar-refractivity contribution in [3.05, 3.63) is 47.1 Å². The number of alkyl halides is 3. The van der Waals surface area contributed by atoms with Crippen molar-refractivity contribution in [2.75, 3.05) is 0 Å². The smallest absolute Gasteiger partial charge is 0.223 e. The predicted octanol–water partition coefficient (Wildman–Crippen LogP) is 3.95. The highest BCUT2D eigenvalue weighted by atomic mass is 35.5. The minimum atomic E-state index is -4.50. The van der Waals surface area contributed by atoms with Crippen LogP contribution in [0.5, 0.6) is 0 Å². The summed E-state index contributed by atoms with van der Waals surface area (Å²) in [5, 5.41) is -0.233. The Morgan fingerprint density at radius 1 is 1.17 bits per heavy atom. The van der Waals surface area contributed by atoms with Gasteiger partial charge in [0, 0.05) is 5.56 Å². The van der Waals surface area contributed by atoms with E-state index in [1.807, 2.05) is 0 Å². The highest BCUT2D eigenvalue weighted by Gasteiger charge is 2.30. The summed E-state index contributed by atoms with van der Waals surface area (Å²) in [5.74, 6) is -0.835. The van der Waals surface area contributed by atoms with E-state index in [4.69, 9.17) is 11.6 Å². The first-order valence-electron chi connectivity index (χ1n) is 4.73. The summed E-state index contributed by atoms with van der Waals surface area (Å²) in [5.41, 5.74) is -1.15. The zero-order chi connectivity index (χ0) is 13.3. The molecule has 0 aliphatic rings. The molecule has 0 fully saturated rings. The summed E-state index contributed by atoms with van der Waals surface area (Å²) in [7, 11) is 0. The first kappa shape index (κ1) is 12.8. The average molecular weight is 277 g/mol. The van der Waals surface area contributed by atoms with Crippen molar-refractivity contribution in [1.82, 2.24) is 9.97 Å². The van der Waals surface area contributed by atoms with E-state index >= 15 is 0 Å². The monoisotopic (exact) mass is 276 g/mol. The third-order valence-electron chi connectivity index (χ3n) is 2.18. The number of nitrogens with zero attached hydrogens (tertiary/aromatic N) is 2. The maximum Gasteiger partial charge on any atom is 0.416 e. The summed E-state index contributed by atoms with van der Waals surface area (Å²) >= 11 is 5.49. The molecule has 2 nitrogen and oxygen atoms in total. The van der Waals surface area contributed by atoms with E-state index in [1.54, 1.807) is 0 Å². The van der Waals surface area contributed by atoms with Crippen LogP contribution in [0.2, 0.25) is 5.28 Å². The second-order valence-electron chi connectivity index (χ2n) is 3.41. The summed E-state index contributed by atoms with van der Waals surface area (Å²) < 4.78 is 51.0. The maximum absolute atomic E-state index is 13.4. The van der Waals surface area contributed by atoms with E-state index in [2.05, 4.69) is 9.97 Å². The van der Waals surface area contributed by atoms with Gasteiger partial charge in [-0.2, -0.15) is 13.2 Å². The molecule has 0 N–H and O–H groups in total. The van der Waals surface area contributed by atoms with Crippen LogP contribution in [-0.2, 0) is 6.18 Å². The number of hydrogen-bond donors (Lipinski definition) is 0. The molecule has 18 heavy (non-hydrogen) atoms. The van der Waals surface area contributed by atoms with E-state index in [-0.39, 0.29) is 16.5 Å². The third-order valence-corrected chi connectivity index (χ3v) is 2.36. The van der Waals surface area contributed by atoms with Crippen molar-refractivity contribution in [3.63, 3.8) is 0 Å². The first-order valence-corrected chi connectivity index (χ1v) is 5.11. The molecule has 0 aliphatic carbocycles. The molecule has 0 saturated heterocycles. The van der Waals surface area contributed by atoms with Gasteiger partial charge in [-0.1, -0.05) is 12.1 Å². The second kappa shape index (κ2) is 4.53. The molecule has 0 radical (unpaired) electrons. The third kappa shape index (κ3) is 2.59. The lowest BCUT2D eigenvalue weighted by Gasteiger charge is -2.08. The Labute approximate surface area is 104 Å². The molecule has 7 heteroatoms. The number of aromatic nitrogens is 2. The van der Waals surface area contributed by atoms with Crippen molar-refractivity contribution in [2.45, 2.75) is 6.18 Å². The van der Waals surface area contributed by atoms with Gasteiger partial charge in [-0.3, -0.25) is 0 Å². The maximum atomic E-state index is 13.4. The van der Waals surface area contributed by atoms with Crippen LogP contribution in [0.4, 0.5) is 17.6 Å². The van der Waals surface area contributed by atoms with Crippen LogP contribution in [-0.4, -0.2) is 9.97 Å². The second-order valence-corrected chi connectivity index (χ2v) is 3.75. The minimum absolute atomic E-state index is 0.00775. The Morgan fingerprint density at radius 3 is 2.56 bits per heavy atom. The Bertz CT molecular complexity index is 583. The van der Waals surface area contributed by atoms with Gasteiger partial charge in [0.2, 0.25) is 5.28 Å². The fraction of sp³-hybridized carbons (Fsp3) is 0.0909. The van der Waals surface area contributed by atoms with E-state index in [9.17, 15) is 17.6 Å². The van der Waals surface area contributed by atoms with E-state index in [0.29, 0.717) is 0 Å². The topological polar surface area (TPSA) is 25.8 Å². The van der Waals surface area contributed by atoms with Crippen LogP contribution < -0.4 is 0 Å². The van der Waals surface area contributed by atoms with Gasteiger partial charge in [0.1, 0.15) is 5.69 Å². The lowest BCUT2D eigenvalue weighted by atomic mass is 10.1. The average Bonchev–Trinajstić information content (AvgIpc) is 2.31.